The predicted molar refractivity (Wildman–Crippen MR) is 93.4 cm³/mol. The lowest BCUT2D eigenvalue weighted by Gasteiger charge is -2.32. The van der Waals surface area contributed by atoms with Gasteiger partial charge in [0.25, 0.3) is 5.56 Å². The zero-order chi connectivity index (χ0) is 17.8. The highest BCUT2D eigenvalue weighted by Crippen LogP contribution is 2.35. The van der Waals surface area contributed by atoms with E-state index < -0.39 is 5.56 Å². The number of nitrogens with zero attached hydrogens (tertiary/aromatic N) is 1. The molecule has 0 spiro atoms. The van der Waals surface area contributed by atoms with E-state index in [4.69, 9.17) is 4.74 Å². The number of H-pyrrole nitrogens is 1. The second kappa shape index (κ2) is 7.53. The summed E-state index contributed by atoms with van der Waals surface area (Å²) in [6.07, 6.45) is 3.70. The number of rotatable bonds is 5. The summed E-state index contributed by atoms with van der Waals surface area (Å²) in [5.41, 5.74) is 1.08. The first-order chi connectivity index (χ1) is 12.1. The number of carbonyl (C=O) groups excluding carboxylic acids is 1. The van der Waals surface area contributed by atoms with Crippen molar-refractivity contribution in [3.05, 3.63) is 64.1 Å². The number of methoxy groups -OCH3 is 1. The van der Waals surface area contributed by atoms with Gasteiger partial charge in [0, 0.05) is 17.8 Å². The smallest absolute Gasteiger partial charge is 0.323 e. The highest BCUT2D eigenvalue weighted by atomic mass is 16.5. The first-order valence-corrected chi connectivity index (χ1v) is 8.40. The predicted octanol–water partition coefficient (Wildman–Crippen LogP) is 2.00. The van der Waals surface area contributed by atoms with Crippen molar-refractivity contribution in [2.24, 2.45) is 0 Å². The molecule has 2 atom stereocenters. The van der Waals surface area contributed by atoms with Gasteiger partial charge < -0.3 is 14.8 Å². The molecule has 6 heteroatoms. The Balaban J connectivity index is 2.01. The number of nitrogens with one attached hydrogen (secondary N) is 1. The Kier molecular flexibility index (Phi) is 5.19. The Morgan fingerprint density at radius 2 is 2.12 bits per heavy atom. The number of carbonyl (C=O) groups is 1. The fraction of sp³-hybridized carbons (Fsp3) is 0.368. The Labute approximate surface area is 146 Å². The average molecular weight is 342 g/mol. The van der Waals surface area contributed by atoms with E-state index in [9.17, 15) is 14.7 Å². The summed E-state index contributed by atoms with van der Waals surface area (Å²) >= 11 is 0. The number of esters is 1. The molecular formula is C19H22N2O4. The second-order valence-corrected chi connectivity index (χ2v) is 6.24. The van der Waals surface area contributed by atoms with Crippen LogP contribution in [0.5, 0.6) is 5.75 Å². The highest BCUT2D eigenvalue weighted by Gasteiger charge is 2.37. The van der Waals surface area contributed by atoms with Crippen LogP contribution in [-0.4, -0.2) is 40.7 Å². The van der Waals surface area contributed by atoms with Crippen molar-refractivity contribution in [1.29, 1.82) is 0 Å². The number of aromatic nitrogens is 1. The van der Waals surface area contributed by atoms with E-state index >= 15 is 0 Å². The van der Waals surface area contributed by atoms with Crippen molar-refractivity contribution >= 4 is 5.97 Å². The molecule has 3 rings (SSSR count). The van der Waals surface area contributed by atoms with Crippen LogP contribution < -0.4 is 5.56 Å². The van der Waals surface area contributed by atoms with Crippen LogP contribution in [0.2, 0.25) is 0 Å². The third-order valence-electron chi connectivity index (χ3n) is 4.76. The first-order valence-electron chi connectivity index (χ1n) is 8.40. The lowest BCUT2D eigenvalue weighted by atomic mass is 9.96. The van der Waals surface area contributed by atoms with Crippen molar-refractivity contribution < 1.29 is 14.6 Å². The van der Waals surface area contributed by atoms with E-state index in [1.165, 1.54) is 13.3 Å². The van der Waals surface area contributed by atoms with E-state index in [1.54, 1.807) is 6.07 Å². The maximum Gasteiger partial charge on any atom is 0.323 e. The lowest BCUT2D eigenvalue weighted by molar-refractivity contribution is -0.146. The maximum absolute atomic E-state index is 12.2. The largest absolute Gasteiger partial charge is 0.503 e. The van der Waals surface area contributed by atoms with Gasteiger partial charge in [-0.15, -0.1) is 0 Å². The van der Waals surface area contributed by atoms with E-state index in [0.717, 1.165) is 12.0 Å². The van der Waals surface area contributed by atoms with Crippen LogP contribution in [0.15, 0.2) is 47.4 Å². The van der Waals surface area contributed by atoms with Crippen LogP contribution >= 0.6 is 0 Å². The zero-order valence-electron chi connectivity index (χ0n) is 14.1. The standard InChI is InChI=1S/C19H22N2O4/c1-25-19(24)15-8-5-11-21(15)16(12-13-6-3-2-4-7-13)14-9-10-20-18(23)17(14)22/h2-4,6-7,9-10,15-16,22H,5,8,11-12H2,1H3,(H,20,23). The molecule has 1 aliphatic rings. The third-order valence-corrected chi connectivity index (χ3v) is 4.76. The van der Waals surface area contributed by atoms with Crippen LogP contribution in [0.4, 0.5) is 0 Å². The molecule has 2 heterocycles. The highest BCUT2D eigenvalue weighted by molar-refractivity contribution is 5.76. The van der Waals surface area contributed by atoms with E-state index in [1.807, 2.05) is 35.2 Å². The quantitative estimate of drug-likeness (QED) is 0.812. The topological polar surface area (TPSA) is 82.6 Å². The number of hydrogen-bond donors (Lipinski definition) is 2. The summed E-state index contributed by atoms with van der Waals surface area (Å²) in [6, 6.07) is 10.9. The molecule has 0 aliphatic carbocycles. The minimum Gasteiger partial charge on any atom is -0.503 e. The van der Waals surface area contributed by atoms with Gasteiger partial charge in [0.1, 0.15) is 6.04 Å². The third kappa shape index (κ3) is 3.58. The number of ether oxygens (including phenoxy) is 1. The lowest BCUT2D eigenvalue weighted by Crippen LogP contribution is -2.40. The van der Waals surface area contributed by atoms with Crippen LogP contribution in [0, 0.1) is 0 Å². The van der Waals surface area contributed by atoms with Crippen molar-refractivity contribution in [1.82, 2.24) is 9.88 Å². The second-order valence-electron chi connectivity index (χ2n) is 6.24. The Morgan fingerprint density at radius 3 is 2.84 bits per heavy atom. The van der Waals surface area contributed by atoms with Gasteiger partial charge in [-0.1, -0.05) is 30.3 Å². The number of aromatic amines is 1. The van der Waals surface area contributed by atoms with Crippen LogP contribution in [0.25, 0.3) is 0 Å². The van der Waals surface area contributed by atoms with Gasteiger partial charge in [-0.05, 0) is 37.4 Å². The number of likely N-dealkylation sites (tertiary alicyclic amines) is 1. The summed E-state index contributed by atoms with van der Waals surface area (Å²) < 4.78 is 4.94. The van der Waals surface area contributed by atoms with Gasteiger partial charge in [-0.3, -0.25) is 14.5 Å². The van der Waals surface area contributed by atoms with E-state index in [2.05, 4.69) is 4.98 Å². The SMILES string of the molecule is COC(=O)C1CCCN1C(Cc1ccccc1)c1cc[nH]c(=O)c1O. The molecule has 1 aromatic heterocycles. The molecular weight excluding hydrogens is 320 g/mol. The Morgan fingerprint density at radius 1 is 1.36 bits per heavy atom. The van der Waals surface area contributed by atoms with Crippen molar-refractivity contribution in [3.8, 4) is 5.75 Å². The Bertz CT molecular complexity index is 788. The first kappa shape index (κ1) is 17.2. The van der Waals surface area contributed by atoms with Crippen LogP contribution in [0.1, 0.15) is 30.0 Å². The fourth-order valence-electron chi connectivity index (χ4n) is 3.55. The minimum atomic E-state index is -0.524. The van der Waals surface area contributed by atoms with Gasteiger partial charge in [0.05, 0.1) is 7.11 Å². The Hall–Kier alpha value is -2.60. The fourth-order valence-corrected chi connectivity index (χ4v) is 3.55. The molecule has 2 N–H and O–H groups in total. The summed E-state index contributed by atoms with van der Waals surface area (Å²) in [4.78, 5) is 28.6. The van der Waals surface area contributed by atoms with Crippen molar-refractivity contribution in [2.45, 2.75) is 31.3 Å². The summed E-state index contributed by atoms with van der Waals surface area (Å²) in [6.45, 7) is 0.712. The number of hydrogen-bond acceptors (Lipinski definition) is 5. The number of pyridine rings is 1. The van der Waals surface area contributed by atoms with Crippen molar-refractivity contribution in [2.75, 3.05) is 13.7 Å². The van der Waals surface area contributed by atoms with E-state index in [-0.39, 0.29) is 23.8 Å². The molecule has 0 bridgehead atoms. The van der Waals surface area contributed by atoms with E-state index in [0.29, 0.717) is 24.9 Å². The molecule has 2 aromatic rings. The van der Waals surface area contributed by atoms with Gasteiger partial charge in [0.15, 0.2) is 5.75 Å². The molecule has 0 saturated carbocycles. The molecule has 132 valence electrons. The molecule has 0 amide bonds. The maximum atomic E-state index is 12.2. The summed E-state index contributed by atoms with van der Waals surface area (Å²) in [5.74, 6) is -0.571. The van der Waals surface area contributed by atoms with Gasteiger partial charge >= 0.3 is 5.97 Å². The average Bonchev–Trinajstić information content (AvgIpc) is 3.12. The molecule has 1 fully saturated rings. The van der Waals surface area contributed by atoms with Gasteiger partial charge in [-0.2, -0.15) is 0 Å². The molecule has 25 heavy (non-hydrogen) atoms. The van der Waals surface area contributed by atoms with Gasteiger partial charge in [0.2, 0.25) is 0 Å². The monoisotopic (exact) mass is 342 g/mol. The molecule has 1 saturated heterocycles. The minimum absolute atomic E-state index is 0.278. The molecule has 2 unspecified atom stereocenters. The molecule has 6 nitrogen and oxygen atoms in total. The van der Waals surface area contributed by atoms with Crippen LogP contribution in [-0.2, 0) is 16.0 Å². The normalized spacial score (nSPS) is 18.8. The number of aromatic hydroxyl groups is 1. The van der Waals surface area contributed by atoms with Gasteiger partial charge in [-0.25, -0.2) is 0 Å². The zero-order valence-corrected chi connectivity index (χ0v) is 14.1. The summed E-state index contributed by atoms with van der Waals surface area (Å²) in [7, 11) is 1.38. The van der Waals surface area contributed by atoms with Crippen molar-refractivity contribution in [3.63, 3.8) is 0 Å². The number of benzene rings is 1. The van der Waals surface area contributed by atoms with Crippen LogP contribution in [0.3, 0.4) is 0 Å². The molecule has 0 radical (unpaired) electrons. The molecule has 1 aromatic carbocycles. The summed E-state index contributed by atoms with van der Waals surface area (Å²) in [5, 5.41) is 10.3. The molecule has 1 aliphatic heterocycles.